The third kappa shape index (κ3) is 3.08. The molecule has 0 aromatic heterocycles. The van der Waals surface area contributed by atoms with E-state index in [4.69, 9.17) is 4.74 Å². The van der Waals surface area contributed by atoms with Crippen LogP contribution in [-0.2, 0) is 10.0 Å². The summed E-state index contributed by atoms with van der Waals surface area (Å²) < 4.78 is 31.2. The summed E-state index contributed by atoms with van der Waals surface area (Å²) in [5.74, 6) is 6.38. The Morgan fingerprint density at radius 3 is 2.48 bits per heavy atom. The zero-order valence-electron chi connectivity index (χ0n) is 12.6. The molecule has 2 aromatic rings. The average Bonchev–Trinajstić information content (AvgIpc) is 2.93. The van der Waals surface area contributed by atoms with Crippen LogP contribution in [0.25, 0.3) is 0 Å². The molecule has 116 valence electrons. The fourth-order valence-corrected chi connectivity index (χ4v) is 3.36. The van der Waals surface area contributed by atoms with Crippen molar-refractivity contribution < 1.29 is 13.2 Å². The van der Waals surface area contributed by atoms with Gasteiger partial charge in [-0.15, -0.1) is 0 Å². The molecular weight excluding hydrogens is 310 g/mol. The summed E-state index contributed by atoms with van der Waals surface area (Å²) in [6.45, 7) is 3.89. The first-order valence-corrected chi connectivity index (χ1v) is 8.82. The van der Waals surface area contributed by atoms with E-state index in [1.54, 1.807) is 24.3 Å². The molecule has 2 aromatic carbocycles. The molecule has 1 unspecified atom stereocenters. The molecule has 0 bridgehead atoms. The topological polar surface area (TPSA) is 46.6 Å². The number of hydrogen-bond donors (Lipinski definition) is 0. The highest BCUT2D eigenvalue weighted by Gasteiger charge is 2.38. The highest BCUT2D eigenvalue weighted by Crippen LogP contribution is 2.40. The van der Waals surface area contributed by atoms with Crippen LogP contribution in [0.2, 0.25) is 0 Å². The van der Waals surface area contributed by atoms with Crippen molar-refractivity contribution in [3.8, 4) is 17.6 Å². The lowest BCUT2D eigenvalue weighted by Crippen LogP contribution is -2.39. The van der Waals surface area contributed by atoms with Crippen LogP contribution >= 0.6 is 0 Å². The molecule has 5 heteroatoms. The minimum Gasteiger partial charge on any atom is -0.462 e. The number of nitrogens with zero attached hydrogens (tertiary/aromatic N) is 1. The molecule has 0 saturated carbocycles. The Morgan fingerprint density at radius 1 is 1.13 bits per heavy atom. The van der Waals surface area contributed by atoms with Gasteiger partial charge in [-0.25, -0.2) is 12.7 Å². The maximum atomic E-state index is 12.1. The first-order valence-electron chi connectivity index (χ1n) is 6.98. The van der Waals surface area contributed by atoms with Gasteiger partial charge in [-0.2, -0.15) is 0 Å². The fourth-order valence-electron chi connectivity index (χ4n) is 2.33. The van der Waals surface area contributed by atoms with Crippen LogP contribution in [0.15, 0.2) is 66.7 Å². The highest BCUT2D eigenvalue weighted by atomic mass is 32.2. The Morgan fingerprint density at radius 2 is 1.78 bits per heavy atom. The predicted octanol–water partition coefficient (Wildman–Crippen LogP) is 2.78. The van der Waals surface area contributed by atoms with Crippen LogP contribution in [0.3, 0.4) is 0 Å². The number of ether oxygens (including phenoxy) is 1. The zero-order chi connectivity index (χ0) is 16.4. The van der Waals surface area contributed by atoms with Crippen LogP contribution in [0.1, 0.15) is 5.56 Å². The monoisotopic (exact) mass is 325 g/mol. The Kier molecular flexibility index (Phi) is 3.85. The molecule has 0 radical (unpaired) electrons. The van der Waals surface area contributed by atoms with Gasteiger partial charge in [0.05, 0.1) is 17.5 Å². The van der Waals surface area contributed by atoms with Gasteiger partial charge in [-0.1, -0.05) is 48.8 Å². The molecule has 0 amide bonds. The minimum atomic E-state index is -3.51. The molecule has 0 aliphatic carbocycles. The van der Waals surface area contributed by atoms with Crippen molar-refractivity contribution in [1.82, 2.24) is 0 Å². The summed E-state index contributed by atoms with van der Waals surface area (Å²) in [4.78, 5) is 0. The van der Waals surface area contributed by atoms with Crippen LogP contribution < -0.4 is 9.04 Å². The Hall–Kier alpha value is -2.71. The maximum absolute atomic E-state index is 12.1. The standard InChI is InChI=1S/C18H15NO3S/c1-14(12-13-15-8-4-3-5-9-15)18-19(23(2,20)21)16-10-6-7-11-17(16)22-18/h3-11,18H,1H2,2H3. The lowest BCUT2D eigenvalue weighted by atomic mass is 10.2. The Balaban J connectivity index is 1.94. The molecule has 23 heavy (non-hydrogen) atoms. The van der Waals surface area contributed by atoms with E-state index in [2.05, 4.69) is 18.4 Å². The van der Waals surface area contributed by atoms with Gasteiger partial charge in [0, 0.05) is 5.56 Å². The first kappa shape index (κ1) is 15.2. The van der Waals surface area contributed by atoms with Crippen molar-refractivity contribution in [2.24, 2.45) is 0 Å². The summed E-state index contributed by atoms with van der Waals surface area (Å²) in [6, 6.07) is 16.4. The number of para-hydroxylation sites is 2. The minimum absolute atomic E-state index is 0.385. The normalized spacial score (nSPS) is 16.0. The molecule has 3 rings (SSSR count). The Labute approximate surface area is 136 Å². The van der Waals surface area contributed by atoms with Gasteiger partial charge in [0.1, 0.15) is 5.75 Å². The van der Waals surface area contributed by atoms with Crippen LogP contribution in [0.4, 0.5) is 5.69 Å². The third-order valence-corrected chi connectivity index (χ3v) is 4.45. The Bertz CT molecular complexity index is 908. The van der Waals surface area contributed by atoms with E-state index in [1.807, 2.05) is 30.3 Å². The summed E-state index contributed by atoms with van der Waals surface area (Å²) in [6.07, 6.45) is 0.294. The second kappa shape index (κ2) is 5.82. The molecule has 0 N–H and O–H groups in total. The molecule has 0 fully saturated rings. The van der Waals surface area contributed by atoms with E-state index in [0.29, 0.717) is 17.0 Å². The molecule has 1 aliphatic heterocycles. The largest absolute Gasteiger partial charge is 0.462 e. The smallest absolute Gasteiger partial charge is 0.235 e. The van der Waals surface area contributed by atoms with Crippen molar-refractivity contribution in [2.45, 2.75) is 6.23 Å². The third-order valence-electron chi connectivity index (χ3n) is 3.35. The van der Waals surface area contributed by atoms with Gasteiger partial charge in [-0.05, 0) is 24.3 Å². The molecular formula is C18H15NO3S. The van der Waals surface area contributed by atoms with Crippen molar-refractivity contribution in [3.05, 3.63) is 72.3 Å². The van der Waals surface area contributed by atoms with Crippen LogP contribution in [0, 0.1) is 11.8 Å². The van der Waals surface area contributed by atoms with Gasteiger partial charge in [-0.3, -0.25) is 0 Å². The van der Waals surface area contributed by atoms with E-state index in [9.17, 15) is 8.42 Å². The van der Waals surface area contributed by atoms with Gasteiger partial charge >= 0.3 is 0 Å². The van der Waals surface area contributed by atoms with Crippen LogP contribution in [0.5, 0.6) is 5.75 Å². The maximum Gasteiger partial charge on any atom is 0.235 e. The van der Waals surface area contributed by atoms with Gasteiger partial charge in [0.2, 0.25) is 16.3 Å². The molecule has 4 nitrogen and oxygen atoms in total. The number of fused-ring (bicyclic) bond motifs is 1. The predicted molar refractivity (Wildman–Crippen MR) is 90.6 cm³/mol. The summed E-state index contributed by atoms with van der Waals surface area (Å²) >= 11 is 0. The second-order valence-electron chi connectivity index (χ2n) is 5.14. The van der Waals surface area contributed by atoms with Gasteiger partial charge in [0.25, 0.3) is 0 Å². The van der Waals surface area contributed by atoms with Crippen LogP contribution in [-0.4, -0.2) is 20.9 Å². The number of benzene rings is 2. The molecule has 0 saturated heterocycles. The fraction of sp³-hybridized carbons (Fsp3) is 0.111. The number of rotatable bonds is 2. The lowest BCUT2D eigenvalue weighted by molar-refractivity contribution is 0.281. The number of anilines is 1. The van der Waals surface area contributed by atoms with Crippen molar-refractivity contribution in [1.29, 1.82) is 0 Å². The SMILES string of the molecule is C=C(C#Cc1ccccc1)C1Oc2ccccc2N1S(C)(=O)=O. The summed E-state index contributed by atoms with van der Waals surface area (Å²) in [7, 11) is -3.51. The molecule has 0 spiro atoms. The van der Waals surface area contributed by atoms with E-state index in [0.717, 1.165) is 11.8 Å². The summed E-state index contributed by atoms with van der Waals surface area (Å²) in [5, 5.41) is 0. The van der Waals surface area contributed by atoms with E-state index in [-0.39, 0.29) is 0 Å². The lowest BCUT2D eigenvalue weighted by Gasteiger charge is -2.22. The van der Waals surface area contributed by atoms with Gasteiger partial charge in [0.15, 0.2) is 0 Å². The molecule has 1 heterocycles. The van der Waals surface area contributed by atoms with Crippen molar-refractivity contribution in [3.63, 3.8) is 0 Å². The number of hydrogen-bond acceptors (Lipinski definition) is 3. The summed E-state index contributed by atoms with van der Waals surface area (Å²) in [5.41, 5.74) is 1.72. The molecule has 1 atom stereocenters. The van der Waals surface area contributed by atoms with Gasteiger partial charge < -0.3 is 4.74 Å². The second-order valence-corrected chi connectivity index (χ2v) is 7.00. The van der Waals surface area contributed by atoms with Crippen molar-refractivity contribution in [2.75, 3.05) is 10.6 Å². The molecule has 1 aliphatic rings. The van der Waals surface area contributed by atoms with E-state index in [1.165, 1.54) is 4.31 Å². The van der Waals surface area contributed by atoms with E-state index >= 15 is 0 Å². The highest BCUT2D eigenvalue weighted by molar-refractivity contribution is 7.92. The van der Waals surface area contributed by atoms with Crippen molar-refractivity contribution >= 4 is 15.7 Å². The quantitative estimate of drug-likeness (QED) is 0.798. The first-order chi connectivity index (χ1) is 11.0. The zero-order valence-corrected chi connectivity index (χ0v) is 13.4. The average molecular weight is 325 g/mol. The van der Waals surface area contributed by atoms with E-state index < -0.39 is 16.3 Å². The number of sulfonamides is 1.